The first kappa shape index (κ1) is 26.8. The SMILES string of the molecule is CC(C)(C)[Si](c1ccccc1)(c1ccccc1)c1cc(C(F)(F)F)ccc1OS(=O)(=O)C(F)(F)F. The zero-order valence-electron chi connectivity index (χ0n) is 18.9. The van der Waals surface area contributed by atoms with Crippen molar-refractivity contribution in [2.75, 3.05) is 0 Å². The van der Waals surface area contributed by atoms with Gasteiger partial charge in [0, 0.05) is 0 Å². The molecule has 0 spiro atoms. The molecule has 0 bridgehead atoms. The fourth-order valence-corrected chi connectivity index (χ4v) is 10.7. The number of benzene rings is 3. The van der Waals surface area contributed by atoms with Gasteiger partial charge in [0.25, 0.3) is 0 Å². The normalized spacial score (nSPS) is 13.5. The first-order chi connectivity index (χ1) is 16.0. The van der Waals surface area contributed by atoms with Crippen molar-refractivity contribution in [3.05, 3.63) is 84.4 Å². The quantitative estimate of drug-likeness (QED) is 0.149. The van der Waals surface area contributed by atoms with E-state index in [0.29, 0.717) is 22.5 Å². The molecule has 11 heteroatoms. The molecule has 188 valence electrons. The van der Waals surface area contributed by atoms with Crippen LogP contribution in [0.5, 0.6) is 5.75 Å². The van der Waals surface area contributed by atoms with Crippen LogP contribution in [0, 0.1) is 0 Å². The number of rotatable bonds is 5. The van der Waals surface area contributed by atoms with Gasteiger partial charge in [-0.1, -0.05) is 81.4 Å². The van der Waals surface area contributed by atoms with Crippen LogP contribution in [0.4, 0.5) is 26.3 Å². The molecule has 0 saturated heterocycles. The van der Waals surface area contributed by atoms with Crippen LogP contribution in [0.25, 0.3) is 0 Å². The van der Waals surface area contributed by atoms with Crippen LogP contribution in [-0.2, 0) is 16.3 Å². The van der Waals surface area contributed by atoms with Crippen LogP contribution in [0.3, 0.4) is 0 Å². The molecule has 0 unspecified atom stereocenters. The first-order valence-corrected chi connectivity index (χ1v) is 13.8. The van der Waals surface area contributed by atoms with Crippen LogP contribution in [0.15, 0.2) is 78.9 Å². The van der Waals surface area contributed by atoms with Crippen molar-refractivity contribution in [3.63, 3.8) is 0 Å². The Morgan fingerprint density at radius 3 is 1.54 bits per heavy atom. The zero-order chi connectivity index (χ0) is 26.3. The average Bonchev–Trinajstić information content (AvgIpc) is 2.74. The van der Waals surface area contributed by atoms with Crippen LogP contribution in [0.1, 0.15) is 26.3 Å². The summed E-state index contributed by atoms with van der Waals surface area (Å²) < 4.78 is 109. The van der Waals surface area contributed by atoms with E-state index in [0.717, 1.165) is 6.07 Å². The lowest BCUT2D eigenvalue weighted by atomic mass is 10.2. The van der Waals surface area contributed by atoms with Gasteiger partial charge in [-0.05, 0) is 38.8 Å². The van der Waals surface area contributed by atoms with Gasteiger partial charge in [0.05, 0.1) is 5.56 Å². The number of alkyl halides is 6. The smallest absolute Gasteiger partial charge is 0.376 e. The third kappa shape index (κ3) is 4.97. The first-order valence-electron chi connectivity index (χ1n) is 10.4. The Hall–Kier alpha value is -2.79. The number of hydrogen-bond donors (Lipinski definition) is 0. The predicted molar refractivity (Wildman–Crippen MR) is 124 cm³/mol. The molecule has 0 saturated carbocycles. The summed E-state index contributed by atoms with van der Waals surface area (Å²) in [6, 6.07) is 18.7. The minimum absolute atomic E-state index is 0.231. The number of hydrogen-bond acceptors (Lipinski definition) is 3. The van der Waals surface area contributed by atoms with Crippen LogP contribution < -0.4 is 19.7 Å². The minimum Gasteiger partial charge on any atom is -0.376 e. The summed E-state index contributed by atoms with van der Waals surface area (Å²) >= 11 is 0. The lowest BCUT2D eigenvalue weighted by Gasteiger charge is -2.45. The standard InChI is InChI=1S/C24H22F6O3SSi/c1-22(2,3)35(18-10-6-4-7-11-18,19-12-8-5-9-13-19)21-16-17(23(25,26)27)14-15-20(21)33-34(31,32)24(28,29)30/h4-16H,1-3H3. The molecule has 0 fully saturated rings. The molecular weight excluding hydrogens is 510 g/mol. The van der Waals surface area contributed by atoms with Crippen molar-refractivity contribution < 1.29 is 38.9 Å². The summed E-state index contributed by atoms with van der Waals surface area (Å²) in [7, 11) is -9.85. The topological polar surface area (TPSA) is 43.4 Å². The van der Waals surface area contributed by atoms with Gasteiger partial charge in [0.15, 0.2) is 8.07 Å². The van der Waals surface area contributed by atoms with E-state index in [1.807, 2.05) is 0 Å². The summed E-state index contributed by atoms with van der Waals surface area (Å²) in [6.07, 6.45) is -4.83. The third-order valence-corrected chi connectivity index (χ3v) is 12.5. The fourth-order valence-electron chi connectivity index (χ4n) is 4.36. The van der Waals surface area contributed by atoms with E-state index < -0.39 is 46.2 Å². The Bertz CT molecular complexity index is 1240. The monoisotopic (exact) mass is 532 g/mol. The molecule has 3 rings (SSSR count). The molecule has 0 aromatic heterocycles. The molecule has 3 aromatic rings. The van der Waals surface area contributed by atoms with E-state index in [4.69, 9.17) is 0 Å². The van der Waals surface area contributed by atoms with Crippen molar-refractivity contribution >= 4 is 33.8 Å². The molecule has 0 aliphatic rings. The maximum atomic E-state index is 13.8. The van der Waals surface area contributed by atoms with Crippen LogP contribution in [-0.4, -0.2) is 22.0 Å². The van der Waals surface area contributed by atoms with Crippen molar-refractivity contribution in [2.45, 2.75) is 37.5 Å². The van der Waals surface area contributed by atoms with E-state index in [2.05, 4.69) is 4.18 Å². The molecule has 0 atom stereocenters. The van der Waals surface area contributed by atoms with Gasteiger partial charge in [-0.3, -0.25) is 0 Å². The average molecular weight is 533 g/mol. The molecule has 0 aliphatic heterocycles. The van der Waals surface area contributed by atoms with Crippen molar-refractivity contribution in [3.8, 4) is 5.75 Å². The van der Waals surface area contributed by atoms with Crippen LogP contribution >= 0.6 is 0 Å². The Balaban J connectivity index is 2.53. The Kier molecular flexibility index (Phi) is 6.90. The summed E-state index contributed by atoms with van der Waals surface area (Å²) in [4.78, 5) is 0. The molecule has 3 nitrogen and oxygen atoms in total. The second kappa shape index (κ2) is 9.01. The van der Waals surface area contributed by atoms with Gasteiger partial charge in [0.2, 0.25) is 0 Å². The summed E-state index contributed by atoms with van der Waals surface area (Å²) in [5, 5.41) is 0.0737. The maximum Gasteiger partial charge on any atom is 0.534 e. The van der Waals surface area contributed by atoms with Crippen LogP contribution in [0.2, 0.25) is 5.04 Å². The van der Waals surface area contributed by atoms with Gasteiger partial charge in [-0.25, -0.2) is 0 Å². The number of halogens is 6. The third-order valence-electron chi connectivity index (χ3n) is 5.73. The Morgan fingerprint density at radius 2 is 1.17 bits per heavy atom. The second-order valence-corrected chi connectivity index (χ2v) is 15.2. The van der Waals surface area contributed by atoms with E-state index >= 15 is 0 Å². The summed E-state index contributed by atoms with van der Waals surface area (Å²) in [6.45, 7) is 5.30. The zero-order valence-corrected chi connectivity index (χ0v) is 20.7. The lowest BCUT2D eigenvalue weighted by Crippen LogP contribution is -2.72. The highest BCUT2D eigenvalue weighted by Crippen LogP contribution is 2.40. The molecule has 3 aromatic carbocycles. The summed E-state index contributed by atoms with van der Waals surface area (Å²) in [5.74, 6) is -0.787. The molecule has 0 N–H and O–H groups in total. The molecule has 35 heavy (non-hydrogen) atoms. The second-order valence-electron chi connectivity index (χ2n) is 8.92. The molecule has 0 radical (unpaired) electrons. The van der Waals surface area contributed by atoms with E-state index in [9.17, 15) is 34.8 Å². The van der Waals surface area contributed by atoms with Gasteiger partial charge in [-0.2, -0.15) is 34.8 Å². The molecule has 0 amide bonds. The lowest BCUT2D eigenvalue weighted by molar-refractivity contribution is -0.137. The van der Waals surface area contributed by atoms with Gasteiger partial charge in [-0.15, -0.1) is 0 Å². The van der Waals surface area contributed by atoms with E-state index in [1.54, 1.807) is 81.4 Å². The largest absolute Gasteiger partial charge is 0.534 e. The van der Waals surface area contributed by atoms with Gasteiger partial charge < -0.3 is 4.18 Å². The van der Waals surface area contributed by atoms with E-state index in [-0.39, 0.29) is 5.19 Å². The fraction of sp³-hybridized carbons (Fsp3) is 0.250. The molecular formula is C24H22F6O3SSi. The molecule has 0 heterocycles. The van der Waals surface area contributed by atoms with Crippen molar-refractivity contribution in [1.82, 2.24) is 0 Å². The highest BCUT2D eigenvalue weighted by molar-refractivity contribution is 7.88. The Labute approximate surface area is 200 Å². The van der Waals surface area contributed by atoms with Gasteiger partial charge in [0.1, 0.15) is 5.75 Å². The van der Waals surface area contributed by atoms with Crippen molar-refractivity contribution in [2.24, 2.45) is 0 Å². The summed E-state index contributed by atoms with van der Waals surface area (Å²) in [5.41, 5.74) is -6.89. The minimum atomic E-state index is -6.15. The molecule has 0 aliphatic carbocycles. The highest BCUT2D eigenvalue weighted by Gasteiger charge is 2.54. The highest BCUT2D eigenvalue weighted by atomic mass is 32.2. The van der Waals surface area contributed by atoms with Gasteiger partial charge >= 0.3 is 21.8 Å². The van der Waals surface area contributed by atoms with Crippen molar-refractivity contribution in [1.29, 1.82) is 0 Å². The van der Waals surface area contributed by atoms with E-state index in [1.165, 1.54) is 0 Å². The predicted octanol–water partition coefficient (Wildman–Crippen LogP) is 5.20. The Morgan fingerprint density at radius 1 is 0.714 bits per heavy atom. The maximum absolute atomic E-state index is 13.8.